The number of rotatable bonds is 11. The lowest BCUT2D eigenvalue weighted by molar-refractivity contribution is -0.134. The highest BCUT2D eigenvalue weighted by atomic mass is 19.1. The molecular weight excluding hydrogens is 521 g/mol. The summed E-state index contributed by atoms with van der Waals surface area (Å²) in [6, 6.07) is 15.9. The molecular formula is C27H30FN7O5. The Hall–Kier alpha value is -5.07. The number of aromatic amines is 1. The summed E-state index contributed by atoms with van der Waals surface area (Å²) in [6.07, 6.45) is 1.96. The molecule has 0 fully saturated rings. The first-order valence-corrected chi connectivity index (χ1v) is 12.3. The number of ether oxygens (including phenoxy) is 2. The fourth-order valence-electron chi connectivity index (χ4n) is 3.77. The number of amidine groups is 1. The molecule has 0 aliphatic rings. The maximum Gasteiger partial charge on any atom is 0.349 e. The Labute approximate surface area is 229 Å². The van der Waals surface area contributed by atoms with Gasteiger partial charge in [-0.2, -0.15) is 9.78 Å². The molecule has 1 atom stereocenters. The van der Waals surface area contributed by atoms with E-state index in [1.165, 1.54) is 6.20 Å². The van der Waals surface area contributed by atoms with E-state index in [0.29, 0.717) is 35.9 Å². The monoisotopic (exact) mass is 551 g/mol. The Morgan fingerprint density at radius 3 is 2.42 bits per heavy atom. The van der Waals surface area contributed by atoms with Crippen molar-refractivity contribution >= 4 is 11.8 Å². The lowest BCUT2D eigenvalue weighted by Gasteiger charge is -2.18. The Balaban J connectivity index is 0.00000103. The van der Waals surface area contributed by atoms with Gasteiger partial charge in [0.1, 0.15) is 36.4 Å². The van der Waals surface area contributed by atoms with Crippen LogP contribution in [0.4, 0.5) is 4.39 Å². The molecule has 13 heteroatoms. The topological polar surface area (TPSA) is 182 Å². The number of halogens is 1. The summed E-state index contributed by atoms with van der Waals surface area (Å²) >= 11 is 0. The number of nitrogen functional groups attached to an aromatic ring is 1. The van der Waals surface area contributed by atoms with Gasteiger partial charge in [0.2, 0.25) is 0 Å². The number of hydrogen-bond donors (Lipinski definition) is 4. The van der Waals surface area contributed by atoms with E-state index in [4.69, 9.17) is 30.5 Å². The number of nitrogens with zero attached hydrogens (tertiary/aromatic N) is 4. The van der Waals surface area contributed by atoms with Gasteiger partial charge >= 0.3 is 5.69 Å². The Morgan fingerprint density at radius 2 is 1.85 bits per heavy atom. The molecule has 0 amide bonds. The summed E-state index contributed by atoms with van der Waals surface area (Å²) in [7, 11) is 0. The van der Waals surface area contributed by atoms with Crippen molar-refractivity contribution in [2.75, 3.05) is 19.9 Å². The normalized spacial score (nSPS) is 11.2. The van der Waals surface area contributed by atoms with Crippen molar-refractivity contribution < 1.29 is 23.8 Å². The second-order valence-corrected chi connectivity index (χ2v) is 8.40. The van der Waals surface area contributed by atoms with Crippen LogP contribution in [-0.2, 0) is 11.2 Å². The van der Waals surface area contributed by atoms with Gasteiger partial charge in [-0.05, 0) is 48.7 Å². The molecule has 0 spiro atoms. The van der Waals surface area contributed by atoms with Gasteiger partial charge in [-0.3, -0.25) is 15.2 Å². The van der Waals surface area contributed by atoms with Gasteiger partial charge in [-0.15, -0.1) is 10.2 Å². The fourth-order valence-corrected chi connectivity index (χ4v) is 3.77. The number of alkyl halides is 1. The van der Waals surface area contributed by atoms with E-state index in [1.807, 2.05) is 25.1 Å². The second-order valence-electron chi connectivity index (χ2n) is 8.40. The number of benzene rings is 2. The minimum Gasteiger partial charge on any atom is -0.494 e. The van der Waals surface area contributed by atoms with Crippen molar-refractivity contribution in [3.05, 3.63) is 93.8 Å². The zero-order valence-electron chi connectivity index (χ0n) is 22.0. The molecule has 1 unspecified atom stereocenters. The van der Waals surface area contributed by atoms with Gasteiger partial charge in [-0.25, -0.2) is 9.18 Å². The third-order valence-electron chi connectivity index (χ3n) is 5.41. The lowest BCUT2D eigenvalue weighted by Crippen LogP contribution is -2.17. The summed E-state index contributed by atoms with van der Waals surface area (Å²) in [4.78, 5) is 24.6. The zero-order chi connectivity index (χ0) is 29.1. The fraction of sp³-hybridized carbons (Fsp3) is 0.259. The van der Waals surface area contributed by atoms with E-state index >= 15 is 0 Å². The molecule has 2 heterocycles. The molecule has 0 bridgehead atoms. The molecule has 0 saturated carbocycles. The van der Waals surface area contributed by atoms with Gasteiger partial charge in [0.05, 0.1) is 6.61 Å². The molecule has 4 rings (SSSR count). The van der Waals surface area contributed by atoms with Crippen molar-refractivity contribution in [2.45, 2.75) is 26.2 Å². The Kier molecular flexibility index (Phi) is 10.5. The minimum atomic E-state index is -0.833. The van der Waals surface area contributed by atoms with Crippen LogP contribution in [0.3, 0.4) is 0 Å². The number of carboxylic acids is 1. The first kappa shape index (κ1) is 29.5. The lowest BCUT2D eigenvalue weighted by atomic mass is 9.90. The quantitative estimate of drug-likeness (QED) is 0.161. The van der Waals surface area contributed by atoms with Crippen LogP contribution in [-0.4, -0.2) is 61.8 Å². The molecule has 12 nitrogen and oxygen atoms in total. The largest absolute Gasteiger partial charge is 0.494 e. The van der Waals surface area contributed by atoms with Crippen LogP contribution in [0.15, 0.2) is 65.6 Å². The van der Waals surface area contributed by atoms with E-state index in [-0.39, 0.29) is 18.3 Å². The summed E-state index contributed by atoms with van der Waals surface area (Å²) < 4.78 is 25.2. The van der Waals surface area contributed by atoms with E-state index < -0.39 is 24.3 Å². The molecule has 0 saturated heterocycles. The van der Waals surface area contributed by atoms with Crippen LogP contribution >= 0.6 is 0 Å². The molecule has 0 aliphatic heterocycles. The second kappa shape index (κ2) is 14.2. The number of carbonyl (C=O) groups is 1. The summed E-state index contributed by atoms with van der Waals surface area (Å²) in [6.45, 7) is 2.66. The number of nitrogens with one attached hydrogen (secondary N) is 2. The SMILES string of the molecule is CC(=O)O.CCOc1cc(OCCF)cc(C(Cc2ccc(C(=N)N)cc2)c2nn(-c3cccnn3)c(=O)[nH]2)c1. The van der Waals surface area contributed by atoms with Crippen LogP contribution < -0.4 is 20.9 Å². The summed E-state index contributed by atoms with van der Waals surface area (Å²) in [5.41, 5.74) is 7.41. The average Bonchev–Trinajstić information content (AvgIpc) is 3.32. The minimum absolute atomic E-state index is 0.0239. The predicted octanol–water partition coefficient (Wildman–Crippen LogP) is 2.85. The zero-order valence-corrected chi connectivity index (χ0v) is 22.0. The first-order valence-electron chi connectivity index (χ1n) is 12.3. The molecule has 5 N–H and O–H groups in total. The van der Waals surface area contributed by atoms with E-state index in [0.717, 1.165) is 22.7 Å². The summed E-state index contributed by atoms with van der Waals surface area (Å²) in [5, 5.41) is 27.4. The molecule has 2 aromatic carbocycles. The van der Waals surface area contributed by atoms with Crippen LogP contribution in [0.1, 0.15) is 42.3 Å². The molecule has 4 aromatic rings. The van der Waals surface area contributed by atoms with Crippen LogP contribution in [0.2, 0.25) is 0 Å². The van der Waals surface area contributed by atoms with Crippen LogP contribution in [0, 0.1) is 5.41 Å². The number of carboxylic acid groups (broad SMARTS) is 1. The maximum absolute atomic E-state index is 12.8. The van der Waals surface area contributed by atoms with Gasteiger partial charge in [0.25, 0.3) is 5.97 Å². The third kappa shape index (κ3) is 8.21. The van der Waals surface area contributed by atoms with E-state index in [2.05, 4.69) is 20.3 Å². The molecule has 0 aliphatic carbocycles. The van der Waals surface area contributed by atoms with Gasteiger partial charge in [-0.1, -0.05) is 24.3 Å². The summed E-state index contributed by atoms with van der Waals surface area (Å²) in [5.74, 6) is 0.393. The van der Waals surface area contributed by atoms with Crippen molar-refractivity contribution in [2.24, 2.45) is 5.73 Å². The van der Waals surface area contributed by atoms with Crippen molar-refractivity contribution in [1.82, 2.24) is 25.0 Å². The van der Waals surface area contributed by atoms with Gasteiger partial charge < -0.3 is 20.3 Å². The van der Waals surface area contributed by atoms with Crippen molar-refractivity contribution in [3.8, 4) is 17.3 Å². The van der Waals surface area contributed by atoms with E-state index in [9.17, 15) is 9.18 Å². The van der Waals surface area contributed by atoms with Gasteiger partial charge in [0.15, 0.2) is 5.82 Å². The highest BCUT2D eigenvalue weighted by Gasteiger charge is 2.23. The highest BCUT2D eigenvalue weighted by molar-refractivity contribution is 5.94. The third-order valence-corrected chi connectivity index (χ3v) is 5.41. The van der Waals surface area contributed by atoms with E-state index in [1.54, 1.807) is 36.4 Å². The maximum atomic E-state index is 12.8. The number of aromatic nitrogens is 5. The number of nitrogens with two attached hydrogens (primary N) is 1. The molecule has 40 heavy (non-hydrogen) atoms. The highest BCUT2D eigenvalue weighted by Crippen LogP contribution is 2.33. The van der Waals surface area contributed by atoms with Crippen molar-refractivity contribution in [3.63, 3.8) is 0 Å². The number of hydrogen-bond acceptors (Lipinski definition) is 8. The Bertz CT molecular complexity index is 1470. The average molecular weight is 552 g/mol. The van der Waals surface area contributed by atoms with Crippen LogP contribution in [0.5, 0.6) is 11.5 Å². The molecule has 0 radical (unpaired) electrons. The number of aliphatic carboxylic acids is 1. The first-order chi connectivity index (χ1) is 19.2. The predicted molar refractivity (Wildman–Crippen MR) is 145 cm³/mol. The van der Waals surface area contributed by atoms with Crippen molar-refractivity contribution in [1.29, 1.82) is 5.41 Å². The molecule has 210 valence electrons. The smallest absolute Gasteiger partial charge is 0.349 e. The van der Waals surface area contributed by atoms with Gasteiger partial charge in [0, 0.05) is 30.7 Å². The van der Waals surface area contributed by atoms with Crippen LogP contribution in [0.25, 0.3) is 5.82 Å². The standard InChI is InChI=1S/C25H26FN7O3.C2H4O2/c1-2-35-19-13-18(14-20(15-19)36-11-9-26)21(12-16-5-7-17(8-6-16)23(27)28)24-30-25(34)33(32-24)22-4-3-10-29-31-22;1-2(3)4/h3-8,10,13-15,21H,2,9,11-12H2,1H3,(H3,27,28)(H,30,32,34);1H3,(H,3,4). The number of H-pyrrole nitrogens is 1. The Morgan fingerprint density at radius 1 is 1.18 bits per heavy atom. The molecule has 2 aromatic heterocycles.